The highest BCUT2D eigenvalue weighted by Gasteiger charge is 2.08. The summed E-state index contributed by atoms with van der Waals surface area (Å²) in [6.45, 7) is 1.79. The van der Waals surface area contributed by atoms with E-state index in [1.54, 1.807) is 19.1 Å². The van der Waals surface area contributed by atoms with E-state index >= 15 is 0 Å². The number of nitrogens with two attached hydrogens (primary N) is 1. The normalized spacial score (nSPS) is 10.7. The summed E-state index contributed by atoms with van der Waals surface area (Å²) in [7, 11) is 0. The van der Waals surface area contributed by atoms with E-state index in [0.29, 0.717) is 10.8 Å². The van der Waals surface area contributed by atoms with Crippen molar-refractivity contribution in [2.75, 3.05) is 5.73 Å². The largest absolute Gasteiger partial charge is 0.507 e. The lowest BCUT2D eigenvalue weighted by Gasteiger charge is -2.06. The summed E-state index contributed by atoms with van der Waals surface area (Å²) in [6.07, 6.45) is 0. The quantitative estimate of drug-likeness (QED) is 0.628. The molecule has 0 saturated heterocycles. The Labute approximate surface area is 80.8 Å². The van der Waals surface area contributed by atoms with Crippen molar-refractivity contribution < 1.29 is 9.50 Å². The SMILES string of the molecule is Cc1ccc2c(N)c(F)ccc2c1O. The first kappa shape index (κ1) is 8.81. The fraction of sp³-hybridized carbons (Fsp3) is 0.0909. The van der Waals surface area contributed by atoms with E-state index in [1.165, 1.54) is 12.1 Å². The van der Waals surface area contributed by atoms with Gasteiger partial charge in [0.2, 0.25) is 0 Å². The van der Waals surface area contributed by atoms with Crippen LogP contribution in [0.4, 0.5) is 10.1 Å². The van der Waals surface area contributed by atoms with Gasteiger partial charge >= 0.3 is 0 Å². The average Bonchev–Trinajstić information content (AvgIpc) is 2.17. The van der Waals surface area contributed by atoms with Gasteiger partial charge in [-0.05, 0) is 24.6 Å². The molecule has 0 saturated carbocycles. The maximum absolute atomic E-state index is 13.1. The molecule has 0 aliphatic heterocycles. The molecule has 0 aliphatic carbocycles. The summed E-state index contributed by atoms with van der Waals surface area (Å²) in [4.78, 5) is 0. The Morgan fingerprint density at radius 1 is 1.14 bits per heavy atom. The van der Waals surface area contributed by atoms with Gasteiger partial charge in [0.15, 0.2) is 0 Å². The van der Waals surface area contributed by atoms with Gasteiger partial charge < -0.3 is 10.8 Å². The van der Waals surface area contributed by atoms with Crippen molar-refractivity contribution >= 4 is 16.5 Å². The molecule has 0 unspecified atom stereocenters. The monoisotopic (exact) mass is 191 g/mol. The zero-order valence-electron chi connectivity index (χ0n) is 7.71. The standard InChI is InChI=1S/C11H10FNO/c1-6-2-3-7-8(11(6)14)4-5-9(12)10(7)13/h2-5,14H,13H2,1H3. The molecule has 3 heteroatoms. The molecule has 0 aliphatic rings. The molecular weight excluding hydrogens is 181 g/mol. The second-order valence-electron chi connectivity index (χ2n) is 3.29. The fourth-order valence-electron chi connectivity index (χ4n) is 1.50. The van der Waals surface area contributed by atoms with E-state index < -0.39 is 5.82 Å². The third-order valence-corrected chi connectivity index (χ3v) is 2.36. The number of halogens is 1. The third kappa shape index (κ3) is 1.09. The highest BCUT2D eigenvalue weighted by Crippen LogP contribution is 2.32. The summed E-state index contributed by atoms with van der Waals surface area (Å²) >= 11 is 0. The van der Waals surface area contributed by atoms with Crippen LogP contribution >= 0.6 is 0 Å². The molecule has 0 radical (unpaired) electrons. The van der Waals surface area contributed by atoms with Gasteiger partial charge in [0, 0.05) is 10.8 Å². The molecule has 0 amide bonds. The van der Waals surface area contributed by atoms with E-state index in [2.05, 4.69) is 0 Å². The zero-order chi connectivity index (χ0) is 10.3. The lowest BCUT2D eigenvalue weighted by molar-refractivity contribution is 0.477. The summed E-state index contributed by atoms with van der Waals surface area (Å²) < 4.78 is 13.1. The number of phenolic OH excluding ortho intramolecular Hbond substituents is 1. The number of aryl methyl sites for hydroxylation is 1. The van der Waals surface area contributed by atoms with Crippen molar-refractivity contribution in [3.8, 4) is 5.75 Å². The van der Waals surface area contributed by atoms with Gasteiger partial charge in [-0.15, -0.1) is 0 Å². The molecule has 2 nitrogen and oxygen atoms in total. The predicted octanol–water partition coefficient (Wildman–Crippen LogP) is 2.58. The Morgan fingerprint density at radius 3 is 2.50 bits per heavy atom. The fourth-order valence-corrected chi connectivity index (χ4v) is 1.50. The lowest BCUT2D eigenvalue weighted by atomic mass is 10.0. The van der Waals surface area contributed by atoms with Crippen molar-refractivity contribution in [3.63, 3.8) is 0 Å². The lowest BCUT2D eigenvalue weighted by Crippen LogP contribution is -1.92. The van der Waals surface area contributed by atoms with Crippen molar-refractivity contribution in [2.45, 2.75) is 6.92 Å². The molecule has 0 aromatic heterocycles. The van der Waals surface area contributed by atoms with E-state index in [1.807, 2.05) is 0 Å². The van der Waals surface area contributed by atoms with Gasteiger partial charge in [0.05, 0.1) is 5.69 Å². The maximum Gasteiger partial charge on any atom is 0.146 e. The van der Waals surface area contributed by atoms with Crippen molar-refractivity contribution in [1.29, 1.82) is 0 Å². The Kier molecular flexibility index (Phi) is 1.81. The highest BCUT2D eigenvalue weighted by atomic mass is 19.1. The van der Waals surface area contributed by atoms with E-state index in [0.717, 1.165) is 5.56 Å². The number of nitrogen functional groups attached to an aromatic ring is 1. The molecule has 72 valence electrons. The first-order valence-electron chi connectivity index (χ1n) is 4.27. The molecule has 0 fully saturated rings. The first-order valence-corrected chi connectivity index (χ1v) is 4.27. The molecule has 3 N–H and O–H groups in total. The molecule has 14 heavy (non-hydrogen) atoms. The molecule has 0 spiro atoms. The minimum atomic E-state index is -0.458. The number of phenols is 1. The van der Waals surface area contributed by atoms with Crippen LogP contribution in [0, 0.1) is 12.7 Å². The van der Waals surface area contributed by atoms with Crippen LogP contribution in [0.2, 0.25) is 0 Å². The smallest absolute Gasteiger partial charge is 0.146 e. The number of hydrogen-bond acceptors (Lipinski definition) is 2. The van der Waals surface area contributed by atoms with E-state index in [4.69, 9.17) is 5.73 Å². The Hall–Kier alpha value is -1.77. The summed E-state index contributed by atoms with van der Waals surface area (Å²) in [5, 5.41) is 10.8. The zero-order valence-corrected chi connectivity index (χ0v) is 7.71. The van der Waals surface area contributed by atoms with Crippen LogP contribution in [0.1, 0.15) is 5.56 Å². The number of aromatic hydroxyl groups is 1. The molecule has 2 aromatic carbocycles. The molecule has 2 rings (SSSR count). The van der Waals surface area contributed by atoms with E-state index in [9.17, 15) is 9.50 Å². The van der Waals surface area contributed by atoms with Crippen LogP contribution < -0.4 is 5.73 Å². The number of rotatable bonds is 0. The number of anilines is 1. The van der Waals surface area contributed by atoms with Gasteiger partial charge in [-0.25, -0.2) is 4.39 Å². The highest BCUT2D eigenvalue weighted by molar-refractivity contribution is 5.97. The Balaban J connectivity index is 2.94. The minimum absolute atomic E-state index is 0.0813. The first-order chi connectivity index (χ1) is 6.61. The third-order valence-electron chi connectivity index (χ3n) is 2.36. The van der Waals surface area contributed by atoms with Crippen LogP contribution in [0.25, 0.3) is 10.8 Å². The van der Waals surface area contributed by atoms with Crippen molar-refractivity contribution in [3.05, 3.63) is 35.6 Å². The molecule has 0 bridgehead atoms. The van der Waals surface area contributed by atoms with E-state index in [-0.39, 0.29) is 11.4 Å². The topological polar surface area (TPSA) is 46.2 Å². The van der Waals surface area contributed by atoms with Crippen molar-refractivity contribution in [2.24, 2.45) is 0 Å². The van der Waals surface area contributed by atoms with Crippen LogP contribution in [-0.4, -0.2) is 5.11 Å². The summed E-state index contributed by atoms with van der Waals surface area (Å²) in [6, 6.07) is 6.22. The number of hydrogen-bond donors (Lipinski definition) is 2. The van der Waals surface area contributed by atoms with Gasteiger partial charge in [-0.2, -0.15) is 0 Å². The molecular formula is C11H10FNO. The minimum Gasteiger partial charge on any atom is -0.507 e. The van der Waals surface area contributed by atoms with Gasteiger partial charge in [0.25, 0.3) is 0 Å². The Bertz CT molecular complexity index is 461. The molecule has 0 heterocycles. The second kappa shape index (κ2) is 2.87. The maximum atomic E-state index is 13.1. The number of benzene rings is 2. The van der Waals surface area contributed by atoms with Crippen LogP contribution in [-0.2, 0) is 0 Å². The van der Waals surface area contributed by atoms with Gasteiger partial charge in [-0.1, -0.05) is 12.1 Å². The average molecular weight is 191 g/mol. The van der Waals surface area contributed by atoms with Crippen molar-refractivity contribution in [1.82, 2.24) is 0 Å². The van der Waals surface area contributed by atoms with Crippen LogP contribution in [0.15, 0.2) is 24.3 Å². The summed E-state index contributed by atoms with van der Waals surface area (Å²) in [5.41, 5.74) is 6.39. The predicted molar refractivity (Wildman–Crippen MR) is 54.7 cm³/mol. The van der Waals surface area contributed by atoms with Crippen LogP contribution in [0.5, 0.6) is 5.75 Å². The molecule has 2 aromatic rings. The van der Waals surface area contributed by atoms with Gasteiger partial charge in [-0.3, -0.25) is 0 Å². The Morgan fingerprint density at radius 2 is 1.79 bits per heavy atom. The molecule has 0 atom stereocenters. The second-order valence-corrected chi connectivity index (χ2v) is 3.29. The summed E-state index contributed by atoms with van der Waals surface area (Å²) in [5.74, 6) is -0.296. The van der Waals surface area contributed by atoms with Gasteiger partial charge in [0.1, 0.15) is 11.6 Å². The number of fused-ring (bicyclic) bond motifs is 1. The van der Waals surface area contributed by atoms with Crippen LogP contribution in [0.3, 0.4) is 0 Å².